The molecule has 1 aromatic carbocycles. The van der Waals surface area contributed by atoms with Crippen molar-refractivity contribution in [1.29, 1.82) is 0 Å². The first-order chi connectivity index (χ1) is 11.0. The molecule has 2 aromatic rings. The summed E-state index contributed by atoms with van der Waals surface area (Å²) in [6, 6.07) is 5.66. The summed E-state index contributed by atoms with van der Waals surface area (Å²) in [6.45, 7) is 2.92. The first-order valence-corrected chi connectivity index (χ1v) is 7.38. The standard InChI is InChI=1S/C15H16N4O4/c1-10-16-14(23-17-10)12-3-2-8-18(9-12)15(20)11-4-6-13(7-5-11)19(21)22/h4-7,12H,2-3,8-9H2,1H3. The van der Waals surface area contributed by atoms with Gasteiger partial charge in [0.1, 0.15) is 0 Å². The van der Waals surface area contributed by atoms with Gasteiger partial charge in [0, 0.05) is 30.8 Å². The first kappa shape index (κ1) is 15.1. The second-order valence-corrected chi connectivity index (χ2v) is 5.57. The Morgan fingerprint density at radius 2 is 2.13 bits per heavy atom. The lowest BCUT2D eigenvalue weighted by Crippen LogP contribution is -2.39. The summed E-state index contributed by atoms with van der Waals surface area (Å²) in [4.78, 5) is 28.7. The molecule has 0 saturated carbocycles. The van der Waals surface area contributed by atoms with Crippen molar-refractivity contribution < 1.29 is 14.2 Å². The van der Waals surface area contributed by atoms with E-state index in [1.165, 1.54) is 24.3 Å². The normalized spacial score (nSPS) is 18.0. The topological polar surface area (TPSA) is 102 Å². The molecule has 2 heterocycles. The van der Waals surface area contributed by atoms with Crippen LogP contribution in [0.1, 0.15) is 40.8 Å². The summed E-state index contributed by atoms with van der Waals surface area (Å²) in [6.07, 6.45) is 1.75. The Bertz CT molecular complexity index is 725. The van der Waals surface area contributed by atoms with Crippen LogP contribution in [0.3, 0.4) is 0 Å². The minimum Gasteiger partial charge on any atom is -0.339 e. The van der Waals surface area contributed by atoms with E-state index in [0.29, 0.717) is 30.4 Å². The van der Waals surface area contributed by atoms with E-state index in [9.17, 15) is 14.9 Å². The van der Waals surface area contributed by atoms with E-state index >= 15 is 0 Å². The highest BCUT2D eigenvalue weighted by Gasteiger charge is 2.28. The zero-order valence-electron chi connectivity index (χ0n) is 12.6. The Labute approximate surface area is 132 Å². The summed E-state index contributed by atoms with van der Waals surface area (Å²) < 4.78 is 5.21. The number of aryl methyl sites for hydroxylation is 1. The lowest BCUT2D eigenvalue weighted by Gasteiger charge is -2.31. The van der Waals surface area contributed by atoms with Crippen LogP contribution in [0.25, 0.3) is 0 Å². The third kappa shape index (κ3) is 3.20. The number of benzene rings is 1. The summed E-state index contributed by atoms with van der Waals surface area (Å²) in [5, 5.41) is 14.5. The van der Waals surface area contributed by atoms with Crippen molar-refractivity contribution in [3.05, 3.63) is 51.7 Å². The van der Waals surface area contributed by atoms with Crippen molar-refractivity contribution in [2.24, 2.45) is 0 Å². The highest BCUT2D eigenvalue weighted by molar-refractivity contribution is 5.94. The van der Waals surface area contributed by atoms with Gasteiger partial charge in [-0.1, -0.05) is 5.16 Å². The summed E-state index contributed by atoms with van der Waals surface area (Å²) >= 11 is 0. The number of hydrogen-bond donors (Lipinski definition) is 0. The van der Waals surface area contributed by atoms with Gasteiger partial charge in [0.05, 0.1) is 10.8 Å². The second kappa shape index (κ2) is 6.15. The fourth-order valence-corrected chi connectivity index (χ4v) is 2.75. The van der Waals surface area contributed by atoms with Crippen LogP contribution in [0.5, 0.6) is 0 Å². The smallest absolute Gasteiger partial charge is 0.269 e. The van der Waals surface area contributed by atoms with E-state index in [1.54, 1.807) is 11.8 Å². The predicted molar refractivity (Wildman–Crippen MR) is 80.0 cm³/mol. The fraction of sp³-hybridized carbons (Fsp3) is 0.400. The van der Waals surface area contributed by atoms with Gasteiger partial charge in [-0.3, -0.25) is 14.9 Å². The molecular weight excluding hydrogens is 300 g/mol. The maximum atomic E-state index is 12.6. The van der Waals surface area contributed by atoms with Gasteiger partial charge in [0.2, 0.25) is 5.89 Å². The summed E-state index contributed by atoms with van der Waals surface area (Å²) in [5.74, 6) is 1.04. The number of aromatic nitrogens is 2. The van der Waals surface area contributed by atoms with Crippen LogP contribution in [0.2, 0.25) is 0 Å². The van der Waals surface area contributed by atoms with E-state index in [0.717, 1.165) is 12.8 Å². The average molecular weight is 316 g/mol. The van der Waals surface area contributed by atoms with Crippen LogP contribution in [0.4, 0.5) is 5.69 Å². The van der Waals surface area contributed by atoms with E-state index < -0.39 is 4.92 Å². The van der Waals surface area contributed by atoms with Crippen LogP contribution in [0.15, 0.2) is 28.8 Å². The lowest BCUT2D eigenvalue weighted by atomic mass is 9.97. The second-order valence-electron chi connectivity index (χ2n) is 5.57. The van der Waals surface area contributed by atoms with Crippen LogP contribution in [-0.2, 0) is 0 Å². The summed E-state index contributed by atoms with van der Waals surface area (Å²) in [7, 11) is 0. The highest BCUT2D eigenvalue weighted by atomic mass is 16.6. The Morgan fingerprint density at radius 1 is 1.39 bits per heavy atom. The van der Waals surface area contributed by atoms with Gasteiger partial charge in [0.15, 0.2) is 5.82 Å². The molecule has 1 aromatic heterocycles. The van der Waals surface area contributed by atoms with Crippen LogP contribution < -0.4 is 0 Å². The highest BCUT2D eigenvalue weighted by Crippen LogP contribution is 2.26. The number of carbonyl (C=O) groups excluding carboxylic acids is 1. The van der Waals surface area contributed by atoms with Crippen LogP contribution in [-0.4, -0.2) is 39.0 Å². The van der Waals surface area contributed by atoms with Crippen LogP contribution in [0, 0.1) is 17.0 Å². The molecule has 1 fully saturated rings. The van der Waals surface area contributed by atoms with Crippen LogP contribution >= 0.6 is 0 Å². The Balaban J connectivity index is 1.72. The molecule has 8 heteroatoms. The molecule has 0 radical (unpaired) electrons. The number of amides is 1. The lowest BCUT2D eigenvalue weighted by molar-refractivity contribution is -0.384. The number of non-ortho nitro benzene ring substituents is 1. The van der Waals surface area contributed by atoms with Gasteiger partial charge in [-0.15, -0.1) is 0 Å². The van der Waals surface area contributed by atoms with Gasteiger partial charge in [-0.2, -0.15) is 4.98 Å². The monoisotopic (exact) mass is 316 g/mol. The number of nitrogens with zero attached hydrogens (tertiary/aromatic N) is 4. The molecule has 23 heavy (non-hydrogen) atoms. The molecule has 120 valence electrons. The number of nitro groups is 1. The van der Waals surface area contributed by atoms with Crippen molar-refractivity contribution in [3.63, 3.8) is 0 Å². The molecule has 3 rings (SSSR count). The molecule has 1 atom stereocenters. The molecule has 1 amide bonds. The SMILES string of the molecule is Cc1noc(C2CCCN(C(=O)c3ccc([N+](=O)[O-])cc3)C2)n1. The van der Waals surface area contributed by atoms with Gasteiger partial charge < -0.3 is 9.42 Å². The number of hydrogen-bond acceptors (Lipinski definition) is 6. The Morgan fingerprint density at radius 3 is 2.74 bits per heavy atom. The molecule has 1 saturated heterocycles. The Hall–Kier alpha value is -2.77. The van der Waals surface area contributed by atoms with Gasteiger partial charge in [-0.05, 0) is 31.9 Å². The fourth-order valence-electron chi connectivity index (χ4n) is 2.75. The number of carbonyl (C=O) groups is 1. The maximum absolute atomic E-state index is 12.6. The van der Waals surface area contributed by atoms with Crippen molar-refractivity contribution in [1.82, 2.24) is 15.0 Å². The number of nitro benzene ring substituents is 1. The van der Waals surface area contributed by atoms with Crippen molar-refractivity contribution in [2.75, 3.05) is 13.1 Å². The quantitative estimate of drug-likeness (QED) is 0.636. The van der Waals surface area contributed by atoms with E-state index in [4.69, 9.17) is 4.52 Å². The largest absolute Gasteiger partial charge is 0.339 e. The number of piperidine rings is 1. The number of likely N-dealkylation sites (tertiary alicyclic amines) is 1. The number of rotatable bonds is 3. The van der Waals surface area contributed by atoms with Gasteiger partial charge in [-0.25, -0.2) is 0 Å². The van der Waals surface area contributed by atoms with Gasteiger partial charge >= 0.3 is 0 Å². The Kier molecular flexibility index (Phi) is 4.05. The average Bonchev–Trinajstić information content (AvgIpc) is 3.01. The van der Waals surface area contributed by atoms with Crippen molar-refractivity contribution >= 4 is 11.6 Å². The summed E-state index contributed by atoms with van der Waals surface area (Å²) in [5.41, 5.74) is 0.414. The molecule has 0 N–H and O–H groups in total. The third-order valence-corrected chi connectivity index (χ3v) is 3.93. The molecule has 1 aliphatic rings. The minimum atomic E-state index is -0.483. The van der Waals surface area contributed by atoms with Crippen molar-refractivity contribution in [3.8, 4) is 0 Å². The third-order valence-electron chi connectivity index (χ3n) is 3.93. The maximum Gasteiger partial charge on any atom is 0.269 e. The van der Waals surface area contributed by atoms with Gasteiger partial charge in [0.25, 0.3) is 11.6 Å². The molecule has 8 nitrogen and oxygen atoms in total. The first-order valence-electron chi connectivity index (χ1n) is 7.38. The molecule has 1 unspecified atom stereocenters. The molecular formula is C15H16N4O4. The minimum absolute atomic E-state index is 0.0283. The predicted octanol–water partition coefficient (Wildman–Crippen LogP) is 2.31. The van der Waals surface area contributed by atoms with Crippen molar-refractivity contribution in [2.45, 2.75) is 25.7 Å². The van der Waals surface area contributed by atoms with E-state index in [-0.39, 0.29) is 17.5 Å². The van der Waals surface area contributed by atoms with E-state index in [2.05, 4.69) is 10.1 Å². The van der Waals surface area contributed by atoms with E-state index in [1.807, 2.05) is 0 Å². The molecule has 0 aliphatic carbocycles. The molecule has 1 aliphatic heterocycles. The molecule has 0 spiro atoms. The zero-order valence-corrected chi connectivity index (χ0v) is 12.6. The zero-order chi connectivity index (χ0) is 16.4. The molecule has 0 bridgehead atoms.